The smallest absolute Gasteiger partial charge is 0.359 e. The molecule has 0 spiro atoms. The van der Waals surface area contributed by atoms with Gasteiger partial charge in [0.05, 0.1) is 11.1 Å². The highest BCUT2D eigenvalue weighted by atomic mass is 35.5. The zero-order chi connectivity index (χ0) is 17.7. The summed E-state index contributed by atoms with van der Waals surface area (Å²) in [5, 5.41) is 9.68. The lowest BCUT2D eigenvalue weighted by Gasteiger charge is -2.38. The van der Waals surface area contributed by atoms with Gasteiger partial charge in [0, 0.05) is 7.05 Å². The minimum absolute atomic E-state index is 0.0889. The Balaban J connectivity index is 2.00. The van der Waals surface area contributed by atoms with Crippen molar-refractivity contribution in [1.82, 2.24) is 9.88 Å². The summed E-state index contributed by atoms with van der Waals surface area (Å²) in [5.41, 5.74) is -0.972. The van der Waals surface area contributed by atoms with E-state index in [0.29, 0.717) is 12.8 Å². The summed E-state index contributed by atoms with van der Waals surface area (Å²) >= 11 is 11.6. The molecule has 1 amide bonds. The summed E-state index contributed by atoms with van der Waals surface area (Å²) in [7, 11) is 1.56. The number of hydrogen-bond acceptors (Lipinski definition) is 5. The number of ether oxygens (including phenoxy) is 1. The van der Waals surface area contributed by atoms with E-state index in [1.807, 2.05) is 0 Å². The molecule has 24 heavy (non-hydrogen) atoms. The zero-order valence-corrected chi connectivity index (χ0v) is 14.7. The molecular weight excluding hydrogens is 353 g/mol. The van der Waals surface area contributed by atoms with E-state index < -0.39 is 24.0 Å². The topological polar surface area (TPSA) is 83.3 Å². The SMILES string of the molecule is CN(C(=O)COC(=O)c1nc(Cl)ccc1Cl)C1(C#N)CCCCC1. The van der Waals surface area contributed by atoms with Crippen molar-refractivity contribution in [2.24, 2.45) is 0 Å². The molecule has 1 aromatic rings. The Morgan fingerprint density at radius 1 is 1.33 bits per heavy atom. The Morgan fingerprint density at radius 3 is 2.62 bits per heavy atom. The molecule has 0 unspecified atom stereocenters. The summed E-state index contributed by atoms with van der Waals surface area (Å²) in [6.45, 7) is -0.483. The molecule has 6 nitrogen and oxygen atoms in total. The fourth-order valence-corrected chi connectivity index (χ4v) is 3.08. The lowest BCUT2D eigenvalue weighted by atomic mass is 9.81. The average molecular weight is 370 g/mol. The Labute approximate surface area is 150 Å². The number of amides is 1. The monoisotopic (exact) mass is 369 g/mol. The molecule has 1 fully saturated rings. The van der Waals surface area contributed by atoms with Gasteiger partial charge in [-0.15, -0.1) is 0 Å². The number of likely N-dealkylation sites (N-methyl/N-ethyl adjacent to an activating group) is 1. The molecular formula is C16H17Cl2N3O3. The minimum atomic E-state index is -0.834. The van der Waals surface area contributed by atoms with Crippen molar-refractivity contribution in [2.75, 3.05) is 13.7 Å². The quantitative estimate of drug-likeness (QED) is 0.600. The molecule has 128 valence electrons. The normalized spacial score (nSPS) is 16.1. The van der Waals surface area contributed by atoms with Crippen LogP contribution in [0.15, 0.2) is 12.1 Å². The molecule has 1 aliphatic carbocycles. The number of hydrogen-bond donors (Lipinski definition) is 0. The molecule has 2 rings (SSSR count). The van der Waals surface area contributed by atoms with Crippen molar-refractivity contribution in [1.29, 1.82) is 5.26 Å². The van der Waals surface area contributed by atoms with Gasteiger partial charge in [-0.3, -0.25) is 4.79 Å². The lowest BCUT2D eigenvalue weighted by Crippen LogP contribution is -2.51. The Hall–Kier alpha value is -1.84. The van der Waals surface area contributed by atoms with E-state index in [4.69, 9.17) is 27.9 Å². The van der Waals surface area contributed by atoms with Gasteiger partial charge in [0.15, 0.2) is 12.3 Å². The van der Waals surface area contributed by atoms with Gasteiger partial charge in [-0.05, 0) is 25.0 Å². The van der Waals surface area contributed by atoms with Gasteiger partial charge >= 0.3 is 5.97 Å². The van der Waals surface area contributed by atoms with Crippen LogP contribution in [0.3, 0.4) is 0 Å². The maximum absolute atomic E-state index is 12.3. The Kier molecular flexibility index (Phi) is 6.03. The molecule has 1 saturated carbocycles. The highest BCUT2D eigenvalue weighted by molar-refractivity contribution is 6.34. The molecule has 0 aromatic carbocycles. The molecule has 1 aromatic heterocycles. The zero-order valence-electron chi connectivity index (χ0n) is 13.2. The number of carbonyl (C=O) groups excluding carboxylic acids is 2. The van der Waals surface area contributed by atoms with Crippen LogP contribution in [0, 0.1) is 11.3 Å². The van der Waals surface area contributed by atoms with E-state index in [0.717, 1.165) is 19.3 Å². The molecule has 1 aliphatic rings. The molecule has 0 radical (unpaired) electrons. The van der Waals surface area contributed by atoms with Gasteiger partial charge in [0.25, 0.3) is 5.91 Å². The third kappa shape index (κ3) is 3.97. The van der Waals surface area contributed by atoms with Gasteiger partial charge in [0.1, 0.15) is 10.7 Å². The van der Waals surface area contributed by atoms with Crippen molar-refractivity contribution in [3.63, 3.8) is 0 Å². The number of nitrogens with zero attached hydrogens (tertiary/aromatic N) is 3. The Morgan fingerprint density at radius 2 is 2.00 bits per heavy atom. The first kappa shape index (κ1) is 18.5. The summed E-state index contributed by atoms with van der Waals surface area (Å²) in [5.74, 6) is -1.27. The van der Waals surface area contributed by atoms with E-state index >= 15 is 0 Å². The maximum Gasteiger partial charge on any atom is 0.359 e. The second-order valence-electron chi connectivity index (χ2n) is 5.70. The first-order chi connectivity index (χ1) is 11.4. The molecule has 1 heterocycles. The van der Waals surface area contributed by atoms with Crippen molar-refractivity contribution in [3.8, 4) is 6.07 Å². The number of nitriles is 1. The summed E-state index contributed by atoms with van der Waals surface area (Å²) < 4.78 is 4.98. The molecule has 0 N–H and O–H groups in total. The predicted octanol–water partition coefficient (Wildman–Crippen LogP) is 3.23. The number of carbonyl (C=O) groups is 2. The molecule has 0 bridgehead atoms. The van der Waals surface area contributed by atoms with E-state index in [1.165, 1.54) is 17.0 Å². The molecule has 8 heteroatoms. The fourth-order valence-electron chi connectivity index (χ4n) is 2.75. The molecule has 0 saturated heterocycles. The van der Waals surface area contributed by atoms with Crippen LogP contribution in [-0.2, 0) is 9.53 Å². The van der Waals surface area contributed by atoms with E-state index in [-0.39, 0.29) is 15.9 Å². The van der Waals surface area contributed by atoms with E-state index in [9.17, 15) is 14.9 Å². The summed E-state index contributed by atoms with van der Waals surface area (Å²) in [6, 6.07) is 5.12. The van der Waals surface area contributed by atoms with Crippen molar-refractivity contribution < 1.29 is 14.3 Å². The maximum atomic E-state index is 12.3. The van der Waals surface area contributed by atoms with Crippen LogP contribution in [0.4, 0.5) is 0 Å². The van der Waals surface area contributed by atoms with Crippen LogP contribution in [0.25, 0.3) is 0 Å². The van der Waals surface area contributed by atoms with Crippen LogP contribution in [0.2, 0.25) is 10.2 Å². The van der Waals surface area contributed by atoms with Crippen LogP contribution in [0.1, 0.15) is 42.6 Å². The van der Waals surface area contributed by atoms with Crippen LogP contribution < -0.4 is 0 Å². The first-order valence-corrected chi connectivity index (χ1v) is 8.32. The van der Waals surface area contributed by atoms with Gasteiger partial charge in [-0.25, -0.2) is 9.78 Å². The number of rotatable bonds is 4. The minimum Gasteiger partial charge on any atom is -0.451 e. The highest BCUT2D eigenvalue weighted by Gasteiger charge is 2.39. The number of aromatic nitrogens is 1. The second kappa shape index (κ2) is 7.82. The van der Waals surface area contributed by atoms with Crippen molar-refractivity contribution in [2.45, 2.75) is 37.6 Å². The average Bonchev–Trinajstić information content (AvgIpc) is 2.61. The molecule has 0 atom stereocenters. The fraction of sp³-hybridized carbons (Fsp3) is 0.500. The number of halogens is 2. The first-order valence-electron chi connectivity index (χ1n) is 7.57. The summed E-state index contributed by atoms with van der Waals surface area (Å²) in [4.78, 5) is 29.5. The van der Waals surface area contributed by atoms with Gasteiger partial charge in [-0.1, -0.05) is 42.5 Å². The summed E-state index contributed by atoms with van der Waals surface area (Å²) in [6.07, 6.45) is 4.10. The second-order valence-corrected chi connectivity index (χ2v) is 6.49. The predicted molar refractivity (Wildman–Crippen MR) is 88.7 cm³/mol. The Bertz CT molecular complexity index is 682. The van der Waals surface area contributed by atoms with E-state index in [1.54, 1.807) is 7.05 Å². The largest absolute Gasteiger partial charge is 0.451 e. The van der Waals surface area contributed by atoms with Gasteiger partial charge < -0.3 is 9.64 Å². The number of pyridine rings is 1. The van der Waals surface area contributed by atoms with Crippen LogP contribution in [0.5, 0.6) is 0 Å². The highest BCUT2D eigenvalue weighted by Crippen LogP contribution is 2.32. The van der Waals surface area contributed by atoms with Gasteiger partial charge in [-0.2, -0.15) is 5.26 Å². The third-order valence-electron chi connectivity index (χ3n) is 4.24. The van der Waals surface area contributed by atoms with Crippen LogP contribution in [-0.4, -0.2) is 41.0 Å². The third-order valence-corrected chi connectivity index (χ3v) is 4.75. The van der Waals surface area contributed by atoms with Gasteiger partial charge in [0.2, 0.25) is 0 Å². The molecule has 0 aliphatic heterocycles. The number of esters is 1. The van der Waals surface area contributed by atoms with Crippen LogP contribution >= 0.6 is 23.2 Å². The van der Waals surface area contributed by atoms with E-state index in [2.05, 4.69) is 11.1 Å². The lowest BCUT2D eigenvalue weighted by molar-refractivity contribution is -0.138. The van der Waals surface area contributed by atoms with Crippen molar-refractivity contribution in [3.05, 3.63) is 28.0 Å². The van der Waals surface area contributed by atoms with Crippen molar-refractivity contribution >= 4 is 35.1 Å². The standard InChI is InChI=1S/C16H17Cl2N3O3/c1-21(16(10-19)7-3-2-4-8-16)13(22)9-24-15(23)14-11(17)5-6-12(18)20-14/h5-6H,2-4,7-9H2,1H3.